The molecule has 7 heteroatoms. The molecule has 0 radical (unpaired) electrons. The van der Waals surface area contributed by atoms with Crippen molar-refractivity contribution < 1.29 is 13.2 Å². The van der Waals surface area contributed by atoms with Crippen molar-refractivity contribution in [3.8, 4) is 0 Å². The Bertz CT molecular complexity index is 604. The molecule has 1 aromatic carbocycles. The number of halogens is 4. The summed E-state index contributed by atoms with van der Waals surface area (Å²) in [5.74, 6) is -3.28. The maximum absolute atomic E-state index is 13.4. The first-order valence-electron chi connectivity index (χ1n) is 4.81. The van der Waals surface area contributed by atoms with Gasteiger partial charge in [0, 0.05) is 6.07 Å². The number of benzene rings is 1. The maximum atomic E-state index is 13.4. The molecule has 0 amide bonds. The van der Waals surface area contributed by atoms with E-state index in [0.29, 0.717) is 6.07 Å². The summed E-state index contributed by atoms with van der Waals surface area (Å²) in [5.41, 5.74) is 5.32. The number of hydrogen-bond acceptors (Lipinski definition) is 3. The molecule has 0 spiro atoms. The molecule has 2 aromatic rings. The van der Waals surface area contributed by atoms with Gasteiger partial charge in [-0.25, -0.2) is 18.2 Å². The second kappa shape index (κ2) is 4.73. The summed E-state index contributed by atoms with van der Waals surface area (Å²) in [6, 6.07) is 4.08. The molecule has 2 rings (SSSR count). The average Bonchev–Trinajstić information content (AvgIpc) is 2.30. The van der Waals surface area contributed by atoms with E-state index in [0.717, 1.165) is 12.1 Å². The van der Waals surface area contributed by atoms with Crippen LogP contribution in [-0.2, 0) is 0 Å². The highest BCUT2D eigenvalue weighted by molar-refractivity contribution is 6.33. The van der Waals surface area contributed by atoms with Gasteiger partial charge in [-0.2, -0.15) is 0 Å². The fourth-order valence-corrected chi connectivity index (χ4v) is 1.45. The molecular formula is C11H7ClF3N3. The Morgan fingerprint density at radius 1 is 1.11 bits per heavy atom. The zero-order valence-electron chi connectivity index (χ0n) is 8.85. The molecule has 0 atom stereocenters. The standard InChI is InChI=1S/C11H7ClF3N3/c12-6-2-1-5(13)3-9(6)17-11-8(15)4-7(14)10(16)18-11/h1-4H,(H3,16,17,18). The van der Waals surface area contributed by atoms with Crippen LogP contribution in [0.1, 0.15) is 0 Å². The van der Waals surface area contributed by atoms with Crippen LogP contribution in [0.15, 0.2) is 24.3 Å². The van der Waals surface area contributed by atoms with E-state index in [1.807, 2.05) is 0 Å². The van der Waals surface area contributed by atoms with E-state index in [-0.39, 0.29) is 16.5 Å². The number of pyridine rings is 1. The summed E-state index contributed by atoms with van der Waals surface area (Å²) in [5, 5.41) is 2.61. The van der Waals surface area contributed by atoms with Crippen molar-refractivity contribution >= 4 is 28.9 Å². The van der Waals surface area contributed by atoms with Gasteiger partial charge in [-0.15, -0.1) is 0 Å². The number of nitrogen functional groups attached to an aromatic ring is 1. The van der Waals surface area contributed by atoms with Crippen LogP contribution in [0.5, 0.6) is 0 Å². The Hall–Kier alpha value is -1.95. The predicted molar refractivity (Wildman–Crippen MR) is 63.3 cm³/mol. The second-order valence-electron chi connectivity index (χ2n) is 3.44. The van der Waals surface area contributed by atoms with Gasteiger partial charge in [-0.1, -0.05) is 11.6 Å². The summed E-state index contributed by atoms with van der Waals surface area (Å²) in [6.07, 6.45) is 0. The highest BCUT2D eigenvalue weighted by atomic mass is 35.5. The normalized spacial score (nSPS) is 10.4. The third-order valence-corrected chi connectivity index (χ3v) is 2.47. The third-order valence-electron chi connectivity index (χ3n) is 2.14. The van der Waals surface area contributed by atoms with Gasteiger partial charge in [0.25, 0.3) is 0 Å². The molecule has 18 heavy (non-hydrogen) atoms. The number of hydrogen-bond donors (Lipinski definition) is 2. The minimum absolute atomic E-state index is 0.106. The van der Waals surface area contributed by atoms with E-state index < -0.39 is 23.3 Å². The van der Waals surface area contributed by atoms with Gasteiger partial charge in [-0.3, -0.25) is 0 Å². The first-order chi connectivity index (χ1) is 8.47. The fraction of sp³-hybridized carbons (Fsp3) is 0. The zero-order valence-corrected chi connectivity index (χ0v) is 9.60. The molecular weight excluding hydrogens is 267 g/mol. The molecule has 0 fully saturated rings. The van der Waals surface area contributed by atoms with E-state index in [9.17, 15) is 13.2 Å². The first kappa shape index (κ1) is 12.5. The maximum Gasteiger partial charge on any atom is 0.169 e. The summed E-state index contributed by atoms with van der Waals surface area (Å²) in [4.78, 5) is 3.47. The summed E-state index contributed by atoms with van der Waals surface area (Å²) in [7, 11) is 0. The fourth-order valence-electron chi connectivity index (χ4n) is 1.29. The van der Waals surface area contributed by atoms with Crippen LogP contribution in [0.2, 0.25) is 5.02 Å². The number of nitrogens with two attached hydrogens (primary N) is 1. The first-order valence-corrected chi connectivity index (χ1v) is 5.19. The molecule has 3 nitrogen and oxygen atoms in total. The van der Waals surface area contributed by atoms with Crippen molar-refractivity contribution in [2.75, 3.05) is 11.1 Å². The van der Waals surface area contributed by atoms with Crippen molar-refractivity contribution in [1.82, 2.24) is 4.98 Å². The Kier molecular flexibility index (Phi) is 3.29. The SMILES string of the molecule is Nc1nc(Nc2cc(F)ccc2Cl)c(F)cc1F. The Balaban J connectivity index is 2.40. The van der Waals surface area contributed by atoms with Gasteiger partial charge < -0.3 is 11.1 Å². The minimum Gasteiger partial charge on any atom is -0.381 e. The van der Waals surface area contributed by atoms with Gasteiger partial charge in [0.15, 0.2) is 23.3 Å². The minimum atomic E-state index is -0.969. The lowest BCUT2D eigenvalue weighted by Crippen LogP contribution is -2.03. The molecule has 1 heterocycles. The number of aromatic nitrogens is 1. The van der Waals surface area contributed by atoms with Crippen LogP contribution in [0.4, 0.5) is 30.5 Å². The van der Waals surface area contributed by atoms with E-state index in [4.69, 9.17) is 17.3 Å². The van der Waals surface area contributed by atoms with Gasteiger partial charge in [0.05, 0.1) is 10.7 Å². The largest absolute Gasteiger partial charge is 0.381 e. The summed E-state index contributed by atoms with van der Waals surface area (Å²) in [6.45, 7) is 0. The number of rotatable bonds is 2. The number of nitrogens with zero attached hydrogens (tertiary/aromatic N) is 1. The van der Waals surface area contributed by atoms with E-state index in [1.165, 1.54) is 6.07 Å². The topological polar surface area (TPSA) is 50.9 Å². The average molecular weight is 274 g/mol. The van der Waals surface area contributed by atoms with Gasteiger partial charge in [0.1, 0.15) is 5.82 Å². The molecule has 3 N–H and O–H groups in total. The van der Waals surface area contributed by atoms with Crippen LogP contribution in [0.3, 0.4) is 0 Å². The van der Waals surface area contributed by atoms with Gasteiger partial charge >= 0.3 is 0 Å². The third kappa shape index (κ3) is 2.48. The van der Waals surface area contributed by atoms with Crippen molar-refractivity contribution in [3.05, 3.63) is 46.7 Å². The van der Waals surface area contributed by atoms with Crippen molar-refractivity contribution in [3.63, 3.8) is 0 Å². The molecule has 0 aliphatic heterocycles. The van der Waals surface area contributed by atoms with Crippen molar-refractivity contribution in [1.29, 1.82) is 0 Å². The highest BCUT2D eigenvalue weighted by Gasteiger charge is 2.11. The quantitative estimate of drug-likeness (QED) is 0.881. The highest BCUT2D eigenvalue weighted by Crippen LogP contribution is 2.27. The Labute approximate surface area is 105 Å². The summed E-state index contributed by atoms with van der Waals surface area (Å²) < 4.78 is 39.3. The van der Waals surface area contributed by atoms with Crippen LogP contribution in [0.25, 0.3) is 0 Å². The van der Waals surface area contributed by atoms with Gasteiger partial charge in [0.2, 0.25) is 0 Å². The van der Waals surface area contributed by atoms with Crippen LogP contribution in [-0.4, -0.2) is 4.98 Å². The van der Waals surface area contributed by atoms with E-state index in [1.54, 1.807) is 0 Å². The van der Waals surface area contributed by atoms with E-state index in [2.05, 4.69) is 10.3 Å². The lowest BCUT2D eigenvalue weighted by Gasteiger charge is -2.09. The molecule has 0 saturated carbocycles. The molecule has 0 bridgehead atoms. The van der Waals surface area contributed by atoms with Crippen LogP contribution < -0.4 is 11.1 Å². The van der Waals surface area contributed by atoms with E-state index >= 15 is 0 Å². The van der Waals surface area contributed by atoms with Crippen LogP contribution in [0, 0.1) is 17.5 Å². The van der Waals surface area contributed by atoms with Crippen molar-refractivity contribution in [2.45, 2.75) is 0 Å². The Morgan fingerprint density at radius 3 is 2.56 bits per heavy atom. The molecule has 0 aliphatic carbocycles. The predicted octanol–water partition coefficient (Wildman–Crippen LogP) is 3.48. The lowest BCUT2D eigenvalue weighted by atomic mass is 10.3. The molecule has 94 valence electrons. The molecule has 0 aliphatic rings. The van der Waals surface area contributed by atoms with Crippen molar-refractivity contribution in [2.24, 2.45) is 0 Å². The van der Waals surface area contributed by atoms with Crippen LogP contribution >= 0.6 is 11.6 Å². The number of nitrogens with one attached hydrogen (secondary N) is 1. The lowest BCUT2D eigenvalue weighted by molar-refractivity contribution is 0.580. The van der Waals surface area contributed by atoms with Gasteiger partial charge in [-0.05, 0) is 18.2 Å². The molecule has 0 unspecified atom stereocenters. The zero-order chi connectivity index (χ0) is 13.3. The molecule has 1 aromatic heterocycles. The number of anilines is 3. The Morgan fingerprint density at radius 2 is 1.83 bits per heavy atom. The second-order valence-corrected chi connectivity index (χ2v) is 3.84. The smallest absolute Gasteiger partial charge is 0.169 e. The molecule has 0 saturated heterocycles. The monoisotopic (exact) mass is 273 g/mol. The summed E-state index contributed by atoms with van der Waals surface area (Å²) >= 11 is 5.78.